The van der Waals surface area contributed by atoms with Crippen LogP contribution in [0.15, 0.2) is 35.5 Å². The number of nitrogens with one attached hydrogen (secondary N) is 2. The fourth-order valence-corrected chi connectivity index (χ4v) is 5.33. The summed E-state index contributed by atoms with van der Waals surface area (Å²) in [6.45, 7) is 4.59. The number of ether oxygens (including phenoxy) is 1. The van der Waals surface area contributed by atoms with Crippen LogP contribution in [0.2, 0.25) is 0 Å². The molecule has 3 aromatic rings. The van der Waals surface area contributed by atoms with E-state index in [9.17, 15) is 4.39 Å². The van der Waals surface area contributed by atoms with Gasteiger partial charge in [0.25, 0.3) is 0 Å². The number of anilines is 1. The normalized spacial score (nSPS) is 17.0. The van der Waals surface area contributed by atoms with E-state index in [0.717, 1.165) is 57.0 Å². The minimum atomic E-state index is -0.301. The van der Waals surface area contributed by atoms with Gasteiger partial charge in [0.1, 0.15) is 5.82 Å². The lowest BCUT2D eigenvalue weighted by Crippen LogP contribution is -2.43. The summed E-state index contributed by atoms with van der Waals surface area (Å²) >= 11 is 1.86. The van der Waals surface area contributed by atoms with Gasteiger partial charge in [0.15, 0.2) is 0 Å². The first kappa shape index (κ1) is 22.3. The van der Waals surface area contributed by atoms with Crippen LogP contribution < -0.4 is 15.4 Å². The standard InChI is InChI=1S/C24H29FN6OS/c1-32-23-3-2-20-24(30-23)18(19(25)14-29-20)6-10-31-8-4-16(5-9-31)27-13-17-12-21-22(15-28-17)33-11-7-26-21/h2-3,12,14-16,26-27H,4-11,13H2,1H3. The second-order valence-electron chi connectivity index (χ2n) is 8.50. The van der Waals surface area contributed by atoms with Crippen LogP contribution in [0.1, 0.15) is 24.1 Å². The minimum Gasteiger partial charge on any atom is -0.481 e. The molecule has 0 atom stereocenters. The number of nitrogens with zero attached hydrogens (tertiary/aromatic N) is 4. The van der Waals surface area contributed by atoms with Gasteiger partial charge < -0.3 is 20.3 Å². The molecule has 33 heavy (non-hydrogen) atoms. The van der Waals surface area contributed by atoms with E-state index in [4.69, 9.17) is 4.74 Å². The Hall–Kier alpha value is -2.49. The first-order valence-corrected chi connectivity index (χ1v) is 12.5. The lowest BCUT2D eigenvalue weighted by Gasteiger charge is -2.32. The summed E-state index contributed by atoms with van der Waals surface area (Å²) in [6.07, 6.45) is 6.03. The van der Waals surface area contributed by atoms with Gasteiger partial charge >= 0.3 is 0 Å². The van der Waals surface area contributed by atoms with E-state index in [-0.39, 0.29) is 5.82 Å². The maximum absolute atomic E-state index is 14.6. The molecule has 0 bridgehead atoms. The van der Waals surface area contributed by atoms with Crippen molar-refractivity contribution in [3.63, 3.8) is 0 Å². The average molecular weight is 469 g/mol. The van der Waals surface area contributed by atoms with Crippen molar-refractivity contribution < 1.29 is 9.13 Å². The van der Waals surface area contributed by atoms with Crippen LogP contribution in [0.3, 0.4) is 0 Å². The number of hydrogen-bond donors (Lipinski definition) is 2. The second kappa shape index (κ2) is 10.2. The number of likely N-dealkylation sites (tertiary alicyclic amines) is 1. The Kier molecular flexibility index (Phi) is 6.89. The number of piperidine rings is 1. The zero-order chi connectivity index (χ0) is 22.6. The zero-order valence-corrected chi connectivity index (χ0v) is 19.6. The Morgan fingerprint density at radius 3 is 2.97 bits per heavy atom. The van der Waals surface area contributed by atoms with Gasteiger partial charge in [-0.2, -0.15) is 0 Å². The SMILES string of the molecule is COc1ccc2ncc(F)c(CCN3CCC(NCc4cc5c(cn4)SCCN5)CC3)c2n1. The number of halogens is 1. The monoisotopic (exact) mass is 468 g/mol. The number of hydrogen-bond acceptors (Lipinski definition) is 8. The van der Waals surface area contributed by atoms with Crippen molar-refractivity contribution in [3.05, 3.63) is 47.7 Å². The van der Waals surface area contributed by atoms with Gasteiger partial charge in [-0.15, -0.1) is 11.8 Å². The van der Waals surface area contributed by atoms with Crippen molar-refractivity contribution in [2.45, 2.75) is 36.7 Å². The second-order valence-corrected chi connectivity index (χ2v) is 9.64. The largest absolute Gasteiger partial charge is 0.481 e. The van der Waals surface area contributed by atoms with E-state index in [1.165, 1.54) is 16.8 Å². The van der Waals surface area contributed by atoms with Gasteiger partial charge in [-0.05, 0) is 44.5 Å². The number of fused-ring (bicyclic) bond motifs is 2. The van der Waals surface area contributed by atoms with Crippen molar-refractivity contribution in [2.24, 2.45) is 0 Å². The third-order valence-electron chi connectivity index (χ3n) is 6.39. The molecule has 5 heterocycles. The quantitative estimate of drug-likeness (QED) is 0.546. The third-order valence-corrected chi connectivity index (χ3v) is 7.43. The molecule has 3 aromatic heterocycles. The molecule has 0 aromatic carbocycles. The Morgan fingerprint density at radius 2 is 2.12 bits per heavy atom. The number of pyridine rings is 3. The van der Waals surface area contributed by atoms with Crippen LogP contribution in [-0.2, 0) is 13.0 Å². The van der Waals surface area contributed by atoms with Crippen molar-refractivity contribution in [1.29, 1.82) is 0 Å². The predicted octanol–water partition coefficient (Wildman–Crippen LogP) is 3.49. The van der Waals surface area contributed by atoms with Crippen LogP contribution in [0.25, 0.3) is 11.0 Å². The molecule has 7 nitrogen and oxygen atoms in total. The van der Waals surface area contributed by atoms with Gasteiger partial charge in [0.05, 0.1) is 35.7 Å². The molecule has 9 heteroatoms. The Morgan fingerprint density at radius 1 is 1.24 bits per heavy atom. The van der Waals surface area contributed by atoms with E-state index in [0.29, 0.717) is 34.9 Å². The molecule has 5 rings (SSSR count). The molecule has 0 spiro atoms. The number of thioether (sulfide) groups is 1. The Bertz CT molecular complexity index is 1120. The fraction of sp³-hybridized carbons (Fsp3) is 0.458. The first-order valence-electron chi connectivity index (χ1n) is 11.5. The molecule has 0 aliphatic carbocycles. The molecule has 174 valence electrons. The van der Waals surface area contributed by atoms with Crippen molar-refractivity contribution in [2.75, 3.05) is 44.4 Å². The van der Waals surface area contributed by atoms with Gasteiger partial charge in [-0.1, -0.05) is 0 Å². The van der Waals surface area contributed by atoms with Crippen LogP contribution >= 0.6 is 11.8 Å². The Labute approximate surface area is 197 Å². The van der Waals surface area contributed by atoms with Crippen molar-refractivity contribution in [1.82, 2.24) is 25.2 Å². The molecule has 0 radical (unpaired) electrons. The topological polar surface area (TPSA) is 75.2 Å². The van der Waals surface area contributed by atoms with Crippen molar-refractivity contribution >= 4 is 28.5 Å². The molecular weight excluding hydrogens is 439 g/mol. The molecule has 2 aliphatic rings. The van der Waals surface area contributed by atoms with E-state index < -0.39 is 0 Å². The molecule has 0 amide bonds. The lowest BCUT2D eigenvalue weighted by atomic mass is 10.0. The number of aromatic nitrogens is 3. The van der Waals surface area contributed by atoms with Crippen LogP contribution in [0, 0.1) is 5.82 Å². The average Bonchev–Trinajstić information content (AvgIpc) is 2.87. The van der Waals surface area contributed by atoms with Crippen LogP contribution in [-0.4, -0.2) is 64.9 Å². The van der Waals surface area contributed by atoms with Crippen LogP contribution in [0.4, 0.5) is 10.1 Å². The number of rotatable bonds is 7. The van der Waals surface area contributed by atoms with Gasteiger partial charge in [-0.25, -0.2) is 9.37 Å². The summed E-state index contributed by atoms with van der Waals surface area (Å²) in [5.41, 5.74) is 4.19. The maximum Gasteiger partial charge on any atom is 0.213 e. The maximum atomic E-state index is 14.6. The Balaban J connectivity index is 1.13. The summed E-state index contributed by atoms with van der Waals surface area (Å²) in [5, 5.41) is 7.13. The smallest absolute Gasteiger partial charge is 0.213 e. The molecule has 1 fully saturated rings. The van der Waals surface area contributed by atoms with E-state index >= 15 is 0 Å². The molecule has 0 saturated carbocycles. The summed E-state index contributed by atoms with van der Waals surface area (Å²) in [4.78, 5) is 16.9. The highest BCUT2D eigenvalue weighted by molar-refractivity contribution is 7.99. The van der Waals surface area contributed by atoms with E-state index in [1.54, 1.807) is 13.2 Å². The van der Waals surface area contributed by atoms with Gasteiger partial charge in [0.2, 0.25) is 5.88 Å². The van der Waals surface area contributed by atoms with E-state index in [1.807, 2.05) is 24.0 Å². The molecule has 2 aliphatic heterocycles. The fourth-order valence-electron chi connectivity index (χ4n) is 4.49. The summed E-state index contributed by atoms with van der Waals surface area (Å²) in [7, 11) is 1.57. The highest BCUT2D eigenvalue weighted by atomic mass is 32.2. The van der Waals surface area contributed by atoms with Crippen molar-refractivity contribution in [3.8, 4) is 5.88 Å². The van der Waals surface area contributed by atoms with Gasteiger partial charge in [0, 0.05) is 54.2 Å². The lowest BCUT2D eigenvalue weighted by molar-refractivity contribution is 0.198. The highest BCUT2D eigenvalue weighted by Gasteiger charge is 2.20. The predicted molar refractivity (Wildman–Crippen MR) is 130 cm³/mol. The third kappa shape index (κ3) is 5.20. The molecule has 2 N–H and O–H groups in total. The highest BCUT2D eigenvalue weighted by Crippen LogP contribution is 2.30. The molecular formula is C24H29FN6OS. The zero-order valence-electron chi connectivity index (χ0n) is 18.8. The van der Waals surface area contributed by atoms with E-state index in [2.05, 4.69) is 36.6 Å². The molecule has 0 unspecified atom stereocenters. The van der Waals surface area contributed by atoms with Crippen LogP contribution in [0.5, 0.6) is 5.88 Å². The summed E-state index contributed by atoms with van der Waals surface area (Å²) < 4.78 is 19.8. The number of methoxy groups -OCH3 is 1. The van der Waals surface area contributed by atoms with Gasteiger partial charge in [-0.3, -0.25) is 9.97 Å². The summed E-state index contributed by atoms with van der Waals surface area (Å²) in [5.74, 6) is 1.27. The molecule has 1 saturated heterocycles. The first-order chi connectivity index (χ1) is 16.2. The summed E-state index contributed by atoms with van der Waals surface area (Å²) in [6, 6.07) is 6.23. The minimum absolute atomic E-state index is 0.301.